The van der Waals surface area contributed by atoms with Gasteiger partial charge in [-0.2, -0.15) is 0 Å². The van der Waals surface area contributed by atoms with E-state index in [4.69, 9.17) is 0 Å². The van der Waals surface area contributed by atoms with Crippen LogP contribution < -0.4 is 0 Å². The van der Waals surface area contributed by atoms with E-state index in [1.54, 1.807) is 0 Å². The maximum absolute atomic E-state index is 11.7. The Balaban J connectivity index is 4.41. The zero-order valence-corrected chi connectivity index (χ0v) is 13.4. The molecule has 0 aromatic rings. The standard InChI is InChI=1S/C6H6N6O18/c13-1-2(14)4(7(16)17,28-10(22)23)6(9(20)21,30-12(26)27)5(3(1)15,8(18)19)29-11(24)25/h1-3,13-15H. The monoisotopic (exact) mass is 450 g/mol. The van der Waals surface area contributed by atoms with Crippen LogP contribution in [0, 0.1) is 60.7 Å². The molecule has 1 fully saturated rings. The third kappa shape index (κ3) is 2.74. The molecule has 1 saturated carbocycles. The molecule has 0 aliphatic heterocycles. The van der Waals surface area contributed by atoms with Crippen LogP contribution in [0.1, 0.15) is 0 Å². The van der Waals surface area contributed by atoms with E-state index >= 15 is 0 Å². The molecule has 0 aromatic heterocycles. The van der Waals surface area contributed by atoms with E-state index in [-0.39, 0.29) is 0 Å². The molecule has 4 atom stereocenters. The highest BCUT2D eigenvalue weighted by atomic mass is 17.0. The quantitative estimate of drug-likeness (QED) is 0.169. The molecule has 1 aliphatic rings. The molecule has 0 saturated heterocycles. The minimum Gasteiger partial charge on any atom is -0.387 e. The van der Waals surface area contributed by atoms with E-state index in [0.717, 1.165) is 0 Å². The van der Waals surface area contributed by atoms with Crippen LogP contribution in [0.2, 0.25) is 0 Å². The first kappa shape index (κ1) is 23.7. The molecule has 30 heavy (non-hydrogen) atoms. The Labute approximate surface area is 157 Å². The highest BCUT2D eigenvalue weighted by molar-refractivity contribution is 5.13. The van der Waals surface area contributed by atoms with E-state index in [2.05, 4.69) is 14.5 Å². The van der Waals surface area contributed by atoms with Crippen molar-refractivity contribution in [3.63, 3.8) is 0 Å². The van der Waals surface area contributed by atoms with Gasteiger partial charge in [-0.1, -0.05) is 0 Å². The number of nitrogens with zero attached hydrogens (tertiary/aromatic N) is 6. The lowest BCUT2D eigenvalue weighted by Gasteiger charge is -2.46. The van der Waals surface area contributed by atoms with E-state index in [1.807, 2.05) is 0 Å². The summed E-state index contributed by atoms with van der Waals surface area (Å²) < 4.78 is 0. The van der Waals surface area contributed by atoms with Gasteiger partial charge in [0.1, 0.15) is 6.10 Å². The zero-order chi connectivity index (χ0) is 23.8. The Kier molecular flexibility index (Phi) is 5.73. The van der Waals surface area contributed by atoms with Crippen molar-refractivity contribution in [3.05, 3.63) is 60.7 Å². The predicted molar refractivity (Wildman–Crippen MR) is 71.4 cm³/mol. The second kappa shape index (κ2) is 7.25. The lowest BCUT2D eigenvalue weighted by molar-refractivity contribution is -0.996. The normalized spacial score (nSPS) is 35.5. The van der Waals surface area contributed by atoms with Gasteiger partial charge in [0, 0.05) is 0 Å². The van der Waals surface area contributed by atoms with E-state index in [9.17, 15) is 76.0 Å². The van der Waals surface area contributed by atoms with Crippen LogP contribution in [0.4, 0.5) is 0 Å². The number of aliphatic hydroxyl groups excluding tert-OH is 3. The maximum atomic E-state index is 11.7. The molecular formula is C6H6N6O18. The van der Waals surface area contributed by atoms with Gasteiger partial charge < -0.3 is 15.3 Å². The van der Waals surface area contributed by atoms with Crippen LogP contribution in [0.3, 0.4) is 0 Å². The molecule has 4 unspecified atom stereocenters. The average molecular weight is 450 g/mol. The van der Waals surface area contributed by atoms with Gasteiger partial charge in [-0.3, -0.25) is 30.3 Å². The molecule has 24 heteroatoms. The molecule has 0 radical (unpaired) electrons. The minimum absolute atomic E-state index is 2.32. The Morgan fingerprint density at radius 2 is 0.867 bits per heavy atom. The Morgan fingerprint density at radius 1 is 0.567 bits per heavy atom. The number of aliphatic hydroxyl groups is 3. The third-order valence-corrected chi connectivity index (χ3v) is 3.85. The summed E-state index contributed by atoms with van der Waals surface area (Å²) in [6.45, 7) is 0. The molecule has 0 bridgehead atoms. The Bertz CT molecular complexity index is 765. The van der Waals surface area contributed by atoms with E-state index < -0.39 is 65.5 Å². The van der Waals surface area contributed by atoms with Gasteiger partial charge in [-0.25, -0.2) is 14.5 Å². The summed E-state index contributed by atoms with van der Waals surface area (Å²) >= 11 is 0. The average Bonchev–Trinajstić information content (AvgIpc) is 2.58. The topological polar surface area (TPSA) is 347 Å². The summed E-state index contributed by atoms with van der Waals surface area (Å²) in [5.41, 5.74) is -15.9. The molecule has 24 nitrogen and oxygen atoms in total. The summed E-state index contributed by atoms with van der Waals surface area (Å²) in [6, 6.07) is 0. The molecule has 0 spiro atoms. The molecule has 0 aromatic carbocycles. The molecule has 1 aliphatic carbocycles. The van der Waals surface area contributed by atoms with Crippen molar-refractivity contribution in [1.82, 2.24) is 0 Å². The van der Waals surface area contributed by atoms with Crippen molar-refractivity contribution in [1.29, 1.82) is 0 Å². The maximum Gasteiger partial charge on any atom is 0.552 e. The number of hydrogen-bond donors (Lipinski definition) is 3. The largest absolute Gasteiger partial charge is 0.552 e. The van der Waals surface area contributed by atoms with Crippen LogP contribution in [0.5, 0.6) is 0 Å². The van der Waals surface area contributed by atoms with Gasteiger partial charge >= 0.3 is 32.4 Å². The molecule has 0 amide bonds. The van der Waals surface area contributed by atoms with Crippen molar-refractivity contribution in [2.24, 2.45) is 0 Å². The number of hydrogen-bond acceptors (Lipinski definition) is 18. The fourth-order valence-electron chi connectivity index (χ4n) is 2.82. The third-order valence-electron chi connectivity index (χ3n) is 3.85. The van der Waals surface area contributed by atoms with E-state index in [0.29, 0.717) is 0 Å². The molecule has 168 valence electrons. The van der Waals surface area contributed by atoms with Gasteiger partial charge in [-0.15, -0.1) is 30.3 Å². The van der Waals surface area contributed by atoms with Gasteiger partial charge in [0.25, 0.3) is 0 Å². The Hall–Kier alpha value is -4.32. The summed E-state index contributed by atoms with van der Waals surface area (Å²) in [7, 11) is 0. The number of rotatable bonds is 9. The van der Waals surface area contributed by atoms with Gasteiger partial charge in [0.05, 0.1) is 14.8 Å². The smallest absolute Gasteiger partial charge is 0.387 e. The van der Waals surface area contributed by atoms with Crippen LogP contribution in [-0.4, -0.2) is 80.8 Å². The number of nitro groups is 3. The van der Waals surface area contributed by atoms with Gasteiger partial charge in [0.15, 0.2) is 12.2 Å². The molecular weight excluding hydrogens is 444 g/mol. The summed E-state index contributed by atoms with van der Waals surface area (Å²) in [5.74, 6) is 0. The highest BCUT2D eigenvalue weighted by Crippen LogP contribution is 2.52. The van der Waals surface area contributed by atoms with Crippen LogP contribution in [0.15, 0.2) is 0 Å². The summed E-state index contributed by atoms with van der Waals surface area (Å²) in [6.07, 6.45) is -11.0. The lowest BCUT2D eigenvalue weighted by atomic mass is 9.71. The molecule has 0 heterocycles. The van der Waals surface area contributed by atoms with Crippen LogP contribution in [-0.2, 0) is 14.5 Å². The second-order valence-electron chi connectivity index (χ2n) is 5.13. The van der Waals surface area contributed by atoms with Crippen LogP contribution in [0.25, 0.3) is 0 Å². The van der Waals surface area contributed by atoms with Gasteiger partial charge in [-0.05, 0) is 0 Å². The molecule has 3 N–H and O–H groups in total. The van der Waals surface area contributed by atoms with Crippen molar-refractivity contribution in [2.75, 3.05) is 0 Å². The van der Waals surface area contributed by atoms with Crippen LogP contribution >= 0.6 is 0 Å². The SMILES string of the molecule is O=[N+]([O-])OC1([N+](=O)[O-])C(O)C(O)C(O)C(O[N+](=O)[O-])([N+](=O)[O-])C1(O[N+](=O)[O-])[N+](=O)[O-]. The Morgan fingerprint density at radius 3 is 1.07 bits per heavy atom. The van der Waals surface area contributed by atoms with Gasteiger partial charge in [0.2, 0.25) is 0 Å². The second-order valence-corrected chi connectivity index (χ2v) is 5.13. The minimum atomic E-state index is -5.51. The fraction of sp³-hybridized carbons (Fsp3) is 1.00. The first-order valence-corrected chi connectivity index (χ1v) is 6.54. The van der Waals surface area contributed by atoms with Crippen molar-refractivity contribution >= 4 is 0 Å². The lowest BCUT2D eigenvalue weighted by Crippen LogP contribution is -2.91. The fourth-order valence-corrected chi connectivity index (χ4v) is 2.82. The summed E-state index contributed by atoms with van der Waals surface area (Å²) in [4.78, 5) is 69.7. The first-order chi connectivity index (χ1) is 13.6. The van der Waals surface area contributed by atoms with Crippen molar-refractivity contribution in [2.45, 2.75) is 35.5 Å². The van der Waals surface area contributed by atoms with Crippen molar-refractivity contribution < 1.29 is 59.9 Å². The van der Waals surface area contributed by atoms with Crippen molar-refractivity contribution in [3.8, 4) is 0 Å². The first-order valence-electron chi connectivity index (χ1n) is 6.54. The highest BCUT2D eigenvalue weighted by Gasteiger charge is 3.02. The molecule has 1 rings (SSSR count). The zero-order valence-electron chi connectivity index (χ0n) is 13.4. The van der Waals surface area contributed by atoms with E-state index in [1.165, 1.54) is 0 Å². The predicted octanol–water partition coefficient (Wildman–Crippen LogP) is -4.37. The summed E-state index contributed by atoms with van der Waals surface area (Å²) in [5, 5.41) is 89.5.